The van der Waals surface area contributed by atoms with Crippen LogP contribution in [-0.4, -0.2) is 30.6 Å². The number of halogens is 3. The normalized spacial score (nSPS) is 10.7. The van der Waals surface area contributed by atoms with Crippen molar-refractivity contribution in [1.29, 1.82) is 0 Å². The molecule has 0 saturated heterocycles. The molecule has 0 fully saturated rings. The van der Waals surface area contributed by atoms with E-state index in [9.17, 15) is 18.0 Å². The molecule has 6 heteroatoms. The number of rotatable bonds is 3. The minimum Gasteiger partial charge on any atom is -0.341 e. The van der Waals surface area contributed by atoms with Crippen LogP contribution in [0.25, 0.3) is 0 Å². The van der Waals surface area contributed by atoms with E-state index in [0.29, 0.717) is 11.1 Å². The molecule has 0 aliphatic rings. The first-order valence-corrected chi connectivity index (χ1v) is 5.90. The summed E-state index contributed by atoms with van der Waals surface area (Å²) in [6, 6.07) is 6.95. The van der Waals surface area contributed by atoms with E-state index in [-0.39, 0.29) is 13.1 Å². The average molecular weight is 284 g/mol. The zero-order valence-electron chi connectivity index (χ0n) is 11.0. The molecule has 0 atom stereocenters. The summed E-state index contributed by atoms with van der Waals surface area (Å²) in [6.45, 7) is 0.335. The summed E-state index contributed by atoms with van der Waals surface area (Å²) in [7, 11) is 1.34. The van der Waals surface area contributed by atoms with Gasteiger partial charge in [0.05, 0.1) is 6.54 Å². The van der Waals surface area contributed by atoms with E-state index in [1.165, 1.54) is 7.05 Å². The van der Waals surface area contributed by atoms with Gasteiger partial charge < -0.3 is 10.6 Å². The van der Waals surface area contributed by atoms with Gasteiger partial charge in [-0.25, -0.2) is 0 Å². The van der Waals surface area contributed by atoms with Gasteiger partial charge in [-0.2, -0.15) is 13.2 Å². The highest BCUT2D eigenvalue weighted by Crippen LogP contribution is 2.20. The molecule has 0 radical (unpaired) electrons. The third kappa shape index (κ3) is 5.76. The summed E-state index contributed by atoms with van der Waals surface area (Å²) in [5, 5.41) is 0. The van der Waals surface area contributed by atoms with Crippen molar-refractivity contribution in [3.63, 3.8) is 0 Å². The van der Waals surface area contributed by atoms with Crippen LogP contribution in [0.1, 0.15) is 17.5 Å². The van der Waals surface area contributed by atoms with Crippen molar-refractivity contribution >= 4 is 5.91 Å². The van der Waals surface area contributed by atoms with Gasteiger partial charge in [-0.05, 0) is 17.7 Å². The van der Waals surface area contributed by atoms with Gasteiger partial charge in [0.1, 0.15) is 6.42 Å². The van der Waals surface area contributed by atoms with Gasteiger partial charge in [0.25, 0.3) is 0 Å². The van der Waals surface area contributed by atoms with Gasteiger partial charge in [-0.1, -0.05) is 24.0 Å². The molecular weight excluding hydrogens is 269 g/mol. The molecule has 1 rings (SSSR count). The molecule has 0 unspecified atom stereocenters. The number of benzene rings is 1. The Bertz CT molecular complexity index is 529. The van der Waals surface area contributed by atoms with Crippen LogP contribution in [-0.2, 0) is 11.3 Å². The molecule has 1 amide bonds. The van der Waals surface area contributed by atoms with Gasteiger partial charge in [-0.15, -0.1) is 0 Å². The lowest BCUT2D eigenvalue weighted by molar-refractivity contribution is -0.160. The molecule has 0 aliphatic carbocycles. The quantitative estimate of drug-likeness (QED) is 0.862. The Labute approximate surface area is 115 Å². The summed E-state index contributed by atoms with van der Waals surface area (Å²) in [4.78, 5) is 12.4. The van der Waals surface area contributed by atoms with Gasteiger partial charge in [0, 0.05) is 19.2 Å². The van der Waals surface area contributed by atoms with E-state index >= 15 is 0 Å². The first-order valence-electron chi connectivity index (χ1n) is 5.90. The Kier molecular flexibility index (Phi) is 5.59. The summed E-state index contributed by atoms with van der Waals surface area (Å²) in [5.41, 5.74) is 6.69. The SMILES string of the molecule is CN(Cc1cccc(C#CCN)c1)C(=O)CC(F)(F)F. The zero-order valence-corrected chi connectivity index (χ0v) is 11.0. The van der Waals surface area contributed by atoms with Crippen molar-refractivity contribution < 1.29 is 18.0 Å². The molecule has 20 heavy (non-hydrogen) atoms. The predicted octanol–water partition coefficient (Wildman–Crippen LogP) is 1.91. The maximum atomic E-state index is 12.1. The van der Waals surface area contributed by atoms with Crippen LogP contribution in [0.2, 0.25) is 0 Å². The summed E-state index contributed by atoms with van der Waals surface area (Å²) in [5.74, 6) is 4.55. The molecule has 0 bridgehead atoms. The van der Waals surface area contributed by atoms with Crippen LogP contribution in [0.5, 0.6) is 0 Å². The maximum absolute atomic E-state index is 12.1. The summed E-state index contributed by atoms with van der Waals surface area (Å²) < 4.78 is 36.4. The number of carbonyl (C=O) groups is 1. The lowest BCUT2D eigenvalue weighted by Gasteiger charge is -2.18. The predicted molar refractivity (Wildman–Crippen MR) is 69.5 cm³/mol. The van der Waals surface area contributed by atoms with Crippen LogP contribution >= 0.6 is 0 Å². The van der Waals surface area contributed by atoms with E-state index in [2.05, 4.69) is 11.8 Å². The second-order valence-corrected chi connectivity index (χ2v) is 4.25. The van der Waals surface area contributed by atoms with Gasteiger partial charge in [0.15, 0.2) is 0 Å². The highest BCUT2D eigenvalue weighted by atomic mass is 19.4. The molecular formula is C14H15F3N2O. The molecule has 0 aliphatic heterocycles. The maximum Gasteiger partial charge on any atom is 0.397 e. The zero-order chi connectivity index (χ0) is 15.2. The number of amides is 1. The number of nitrogens with two attached hydrogens (primary N) is 1. The molecule has 0 aromatic heterocycles. The summed E-state index contributed by atoms with van der Waals surface area (Å²) in [6.07, 6.45) is -5.93. The van der Waals surface area contributed by atoms with Crippen LogP contribution in [0, 0.1) is 11.8 Å². The standard InChI is InChI=1S/C14H15F3N2O/c1-19(13(20)9-14(15,16)17)10-12-5-2-4-11(8-12)6-3-7-18/h2,4-5,8H,7,9-10,18H2,1H3. The second kappa shape index (κ2) is 6.96. The Balaban J connectivity index is 2.70. The number of hydrogen-bond donors (Lipinski definition) is 1. The fourth-order valence-corrected chi connectivity index (χ4v) is 1.57. The van der Waals surface area contributed by atoms with Crippen molar-refractivity contribution in [2.75, 3.05) is 13.6 Å². The highest BCUT2D eigenvalue weighted by Gasteiger charge is 2.32. The van der Waals surface area contributed by atoms with Crippen molar-refractivity contribution in [3.05, 3.63) is 35.4 Å². The van der Waals surface area contributed by atoms with E-state index in [4.69, 9.17) is 5.73 Å². The third-order valence-electron chi connectivity index (χ3n) is 2.46. The number of alkyl halides is 3. The molecule has 2 N–H and O–H groups in total. The van der Waals surface area contributed by atoms with Crippen molar-refractivity contribution in [2.24, 2.45) is 5.73 Å². The summed E-state index contributed by atoms with van der Waals surface area (Å²) >= 11 is 0. The molecule has 1 aromatic rings. The first kappa shape index (κ1) is 16.1. The van der Waals surface area contributed by atoms with E-state index < -0.39 is 18.5 Å². The Morgan fingerprint density at radius 2 is 2.10 bits per heavy atom. The lowest BCUT2D eigenvalue weighted by atomic mass is 10.1. The molecule has 0 heterocycles. The molecule has 1 aromatic carbocycles. The van der Waals surface area contributed by atoms with Crippen molar-refractivity contribution in [1.82, 2.24) is 4.90 Å². The minimum atomic E-state index is -4.49. The Morgan fingerprint density at radius 1 is 1.40 bits per heavy atom. The van der Waals surface area contributed by atoms with E-state index in [1.54, 1.807) is 24.3 Å². The van der Waals surface area contributed by atoms with Crippen LogP contribution in [0.3, 0.4) is 0 Å². The lowest BCUT2D eigenvalue weighted by Crippen LogP contribution is -2.30. The fourth-order valence-electron chi connectivity index (χ4n) is 1.57. The van der Waals surface area contributed by atoms with Gasteiger partial charge in [-0.3, -0.25) is 4.79 Å². The smallest absolute Gasteiger partial charge is 0.341 e. The first-order chi connectivity index (χ1) is 9.31. The van der Waals surface area contributed by atoms with Gasteiger partial charge >= 0.3 is 6.18 Å². The molecule has 0 saturated carbocycles. The van der Waals surface area contributed by atoms with Crippen LogP contribution in [0.4, 0.5) is 13.2 Å². The van der Waals surface area contributed by atoms with Crippen LogP contribution < -0.4 is 5.73 Å². The molecule has 108 valence electrons. The van der Waals surface area contributed by atoms with Crippen LogP contribution in [0.15, 0.2) is 24.3 Å². The van der Waals surface area contributed by atoms with Crippen molar-refractivity contribution in [2.45, 2.75) is 19.1 Å². The average Bonchev–Trinajstić information content (AvgIpc) is 2.34. The van der Waals surface area contributed by atoms with Crippen molar-refractivity contribution in [3.8, 4) is 11.8 Å². The number of nitrogens with zero attached hydrogens (tertiary/aromatic N) is 1. The topological polar surface area (TPSA) is 46.3 Å². The number of hydrogen-bond acceptors (Lipinski definition) is 2. The minimum absolute atomic E-state index is 0.104. The van der Waals surface area contributed by atoms with E-state index in [0.717, 1.165) is 4.90 Å². The molecule has 0 spiro atoms. The second-order valence-electron chi connectivity index (χ2n) is 4.25. The monoisotopic (exact) mass is 284 g/mol. The third-order valence-corrected chi connectivity index (χ3v) is 2.46. The Hall–Kier alpha value is -2.00. The van der Waals surface area contributed by atoms with E-state index in [1.807, 2.05) is 0 Å². The fraction of sp³-hybridized carbons (Fsp3) is 0.357. The molecule has 3 nitrogen and oxygen atoms in total. The number of carbonyl (C=O) groups excluding carboxylic acids is 1. The largest absolute Gasteiger partial charge is 0.397 e. The Morgan fingerprint density at radius 3 is 2.70 bits per heavy atom. The highest BCUT2D eigenvalue weighted by molar-refractivity contribution is 5.76. The van der Waals surface area contributed by atoms with Gasteiger partial charge in [0.2, 0.25) is 5.91 Å².